The van der Waals surface area contributed by atoms with E-state index in [4.69, 9.17) is 22.5 Å². The van der Waals surface area contributed by atoms with Crippen LogP contribution in [0.2, 0.25) is 5.02 Å². The first kappa shape index (κ1) is 13.2. The molecule has 17 heavy (non-hydrogen) atoms. The number of benzene rings is 1. The van der Waals surface area contributed by atoms with Gasteiger partial charge in [0.25, 0.3) is 0 Å². The zero-order valence-electron chi connectivity index (χ0n) is 8.78. The Labute approximate surface area is 102 Å². The van der Waals surface area contributed by atoms with Crippen molar-refractivity contribution in [2.45, 2.75) is 13.0 Å². The lowest BCUT2D eigenvalue weighted by molar-refractivity contribution is -0.120. The first-order valence-electron chi connectivity index (χ1n) is 4.70. The Balaban J connectivity index is 2.50. The summed E-state index contributed by atoms with van der Waals surface area (Å²) in [5.41, 5.74) is 5.81. The van der Waals surface area contributed by atoms with Crippen molar-refractivity contribution in [1.82, 2.24) is 5.32 Å². The molecule has 1 aromatic carbocycles. The second-order valence-electron chi connectivity index (χ2n) is 3.29. The lowest BCUT2D eigenvalue weighted by atomic mass is 10.2. The lowest BCUT2D eigenvalue weighted by Crippen LogP contribution is -2.28. The second-order valence-corrected chi connectivity index (χ2v) is 3.70. The van der Waals surface area contributed by atoms with Crippen molar-refractivity contribution in [3.05, 3.63) is 34.6 Å². The van der Waals surface area contributed by atoms with Gasteiger partial charge in [-0.05, 0) is 17.7 Å². The molecule has 0 unspecified atom stereocenters. The summed E-state index contributed by atoms with van der Waals surface area (Å²) in [6.07, 6.45) is -0.203. The van der Waals surface area contributed by atoms with Crippen LogP contribution in [-0.4, -0.2) is 17.0 Å². The number of amides is 1. The first-order chi connectivity index (χ1) is 8.02. The molecule has 0 aliphatic rings. The van der Waals surface area contributed by atoms with Crippen LogP contribution in [0.15, 0.2) is 23.4 Å². The molecule has 0 saturated heterocycles. The molecule has 0 aliphatic carbocycles. The maximum Gasteiger partial charge on any atom is 0.227 e. The average Bonchev–Trinajstić information content (AvgIpc) is 2.30. The Morgan fingerprint density at radius 3 is 2.88 bits per heavy atom. The van der Waals surface area contributed by atoms with Gasteiger partial charge in [0.15, 0.2) is 0 Å². The fourth-order valence-corrected chi connectivity index (χ4v) is 1.32. The molecule has 92 valence electrons. The van der Waals surface area contributed by atoms with Crippen LogP contribution in [-0.2, 0) is 11.3 Å². The van der Waals surface area contributed by atoms with Crippen LogP contribution in [0.4, 0.5) is 4.39 Å². The average molecular weight is 260 g/mol. The number of carbonyl (C=O) groups excluding carboxylic acids is 1. The highest BCUT2D eigenvalue weighted by atomic mass is 35.5. The molecule has 0 bridgehead atoms. The van der Waals surface area contributed by atoms with Crippen molar-refractivity contribution in [3.63, 3.8) is 0 Å². The second kappa shape index (κ2) is 6.05. The Morgan fingerprint density at radius 1 is 1.59 bits per heavy atom. The van der Waals surface area contributed by atoms with Gasteiger partial charge in [0.1, 0.15) is 11.7 Å². The van der Waals surface area contributed by atoms with Crippen molar-refractivity contribution in [3.8, 4) is 0 Å². The van der Waals surface area contributed by atoms with E-state index in [0.717, 1.165) is 0 Å². The van der Waals surface area contributed by atoms with Gasteiger partial charge in [-0.25, -0.2) is 4.39 Å². The number of hydrogen-bond acceptors (Lipinski definition) is 3. The number of rotatable bonds is 4. The number of nitrogens with zero attached hydrogens (tertiary/aromatic N) is 1. The molecule has 0 heterocycles. The fraction of sp³-hybridized carbons (Fsp3) is 0.200. The summed E-state index contributed by atoms with van der Waals surface area (Å²) in [7, 11) is 0. The maximum atomic E-state index is 12.8. The van der Waals surface area contributed by atoms with Crippen LogP contribution >= 0.6 is 11.6 Å². The molecule has 0 fully saturated rings. The molecule has 4 N–H and O–H groups in total. The third-order valence-corrected chi connectivity index (χ3v) is 2.23. The van der Waals surface area contributed by atoms with Gasteiger partial charge in [0, 0.05) is 6.54 Å². The molecule has 0 aliphatic heterocycles. The number of halogens is 2. The van der Waals surface area contributed by atoms with E-state index in [1.54, 1.807) is 0 Å². The van der Waals surface area contributed by atoms with E-state index in [9.17, 15) is 9.18 Å². The minimum Gasteiger partial charge on any atom is -0.409 e. The van der Waals surface area contributed by atoms with E-state index >= 15 is 0 Å². The number of hydrogen-bond donors (Lipinski definition) is 3. The monoisotopic (exact) mass is 259 g/mol. The van der Waals surface area contributed by atoms with Crippen LogP contribution in [0.1, 0.15) is 12.0 Å². The summed E-state index contributed by atoms with van der Waals surface area (Å²) < 4.78 is 12.8. The summed E-state index contributed by atoms with van der Waals surface area (Å²) in [5, 5.41) is 13.4. The molecular formula is C10H11ClFN3O2. The highest BCUT2D eigenvalue weighted by Crippen LogP contribution is 2.15. The van der Waals surface area contributed by atoms with Gasteiger partial charge in [-0.3, -0.25) is 4.79 Å². The third kappa shape index (κ3) is 4.28. The number of nitrogens with one attached hydrogen (secondary N) is 1. The number of carbonyl (C=O) groups is 1. The topological polar surface area (TPSA) is 87.7 Å². The van der Waals surface area contributed by atoms with Gasteiger partial charge in [0.2, 0.25) is 5.91 Å². The third-order valence-electron chi connectivity index (χ3n) is 1.94. The quantitative estimate of drug-likeness (QED) is 0.329. The maximum absolute atomic E-state index is 12.8. The Hall–Kier alpha value is -1.82. The zero-order valence-corrected chi connectivity index (χ0v) is 9.54. The van der Waals surface area contributed by atoms with Crippen molar-refractivity contribution < 1.29 is 14.4 Å². The van der Waals surface area contributed by atoms with Crippen LogP contribution in [0.25, 0.3) is 0 Å². The SMILES string of the molecule is NC(CC(=O)NCc1ccc(F)c(Cl)c1)=NO. The van der Waals surface area contributed by atoms with Crippen LogP contribution in [0.3, 0.4) is 0 Å². The van der Waals surface area contributed by atoms with Gasteiger partial charge in [0.05, 0.1) is 11.4 Å². The van der Waals surface area contributed by atoms with E-state index in [-0.39, 0.29) is 23.8 Å². The van der Waals surface area contributed by atoms with Gasteiger partial charge < -0.3 is 16.3 Å². The van der Waals surface area contributed by atoms with Crippen LogP contribution in [0, 0.1) is 5.82 Å². The van der Waals surface area contributed by atoms with Crippen molar-refractivity contribution in [1.29, 1.82) is 0 Å². The van der Waals surface area contributed by atoms with Crippen LogP contribution in [0.5, 0.6) is 0 Å². The summed E-state index contributed by atoms with van der Waals surface area (Å²) in [6, 6.07) is 4.14. The molecule has 0 spiro atoms. The Kier molecular flexibility index (Phi) is 4.71. The molecule has 1 aromatic rings. The van der Waals surface area contributed by atoms with Gasteiger partial charge >= 0.3 is 0 Å². The number of nitrogens with two attached hydrogens (primary N) is 1. The summed E-state index contributed by atoms with van der Waals surface area (Å²) in [4.78, 5) is 11.2. The molecule has 0 saturated carbocycles. The zero-order chi connectivity index (χ0) is 12.8. The number of oxime groups is 1. The van der Waals surface area contributed by atoms with Crippen molar-refractivity contribution in [2.75, 3.05) is 0 Å². The Morgan fingerprint density at radius 2 is 2.29 bits per heavy atom. The predicted molar refractivity (Wildman–Crippen MR) is 61.3 cm³/mol. The fourth-order valence-electron chi connectivity index (χ4n) is 1.11. The molecule has 0 atom stereocenters. The summed E-state index contributed by atoms with van der Waals surface area (Å²) >= 11 is 5.58. The molecule has 5 nitrogen and oxygen atoms in total. The minimum atomic E-state index is -0.515. The molecule has 0 radical (unpaired) electrons. The van der Waals surface area contributed by atoms with Gasteiger partial charge in [-0.2, -0.15) is 0 Å². The van der Waals surface area contributed by atoms with E-state index in [1.165, 1.54) is 18.2 Å². The highest BCUT2D eigenvalue weighted by Gasteiger charge is 2.05. The van der Waals surface area contributed by atoms with Crippen molar-refractivity contribution >= 4 is 23.3 Å². The first-order valence-corrected chi connectivity index (χ1v) is 5.07. The van der Waals surface area contributed by atoms with E-state index < -0.39 is 11.7 Å². The minimum absolute atomic E-state index is 0.00631. The van der Waals surface area contributed by atoms with E-state index in [0.29, 0.717) is 5.56 Å². The summed E-state index contributed by atoms with van der Waals surface area (Å²) in [5.74, 6) is -1.10. The molecule has 1 rings (SSSR count). The molecule has 7 heteroatoms. The smallest absolute Gasteiger partial charge is 0.227 e. The normalized spacial score (nSPS) is 11.3. The largest absolute Gasteiger partial charge is 0.409 e. The predicted octanol–water partition coefficient (Wildman–Crippen LogP) is 1.23. The van der Waals surface area contributed by atoms with Crippen molar-refractivity contribution in [2.24, 2.45) is 10.9 Å². The van der Waals surface area contributed by atoms with Gasteiger partial charge in [-0.15, -0.1) is 0 Å². The summed E-state index contributed by atoms with van der Waals surface area (Å²) in [6.45, 7) is 0.192. The molecule has 1 amide bonds. The lowest BCUT2D eigenvalue weighted by Gasteiger charge is -2.05. The molecule has 0 aromatic heterocycles. The van der Waals surface area contributed by atoms with Gasteiger partial charge in [-0.1, -0.05) is 22.8 Å². The Bertz CT molecular complexity index is 451. The number of amidine groups is 1. The van der Waals surface area contributed by atoms with E-state index in [1.807, 2.05) is 0 Å². The van der Waals surface area contributed by atoms with E-state index in [2.05, 4.69) is 10.5 Å². The molecular weight excluding hydrogens is 249 g/mol. The highest BCUT2D eigenvalue weighted by molar-refractivity contribution is 6.30. The standard InChI is InChI=1S/C10H11ClFN3O2/c11-7-3-6(1-2-8(7)12)5-14-10(16)4-9(13)15-17/h1-3,17H,4-5H2,(H2,13,15)(H,14,16). The van der Waals surface area contributed by atoms with Crippen LogP contribution < -0.4 is 11.1 Å².